The van der Waals surface area contributed by atoms with E-state index < -0.39 is 0 Å². The van der Waals surface area contributed by atoms with E-state index in [-0.39, 0.29) is 0 Å². The number of benzene rings is 3. The Labute approximate surface area is 184 Å². The smallest absolute Gasteiger partial charge is 0.190 e. The van der Waals surface area contributed by atoms with Crippen molar-refractivity contribution >= 4 is 40.2 Å². The second-order valence-electron chi connectivity index (χ2n) is 6.86. The number of rotatable bonds is 5. The summed E-state index contributed by atoms with van der Waals surface area (Å²) in [6, 6.07) is 24.4. The van der Waals surface area contributed by atoms with E-state index in [1.165, 1.54) is 11.1 Å². The van der Waals surface area contributed by atoms with E-state index in [4.69, 9.17) is 28.2 Å². The molecule has 4 aromatic rings. The summed E-state index contributed by atoms with van der Waals surface area (Å²) in [5.74, 6) is 0. The van der Waals surface area contributed by atoms with Crippen LogP contribution in [0.3, 0.4) is 0 Å². The third-order valence-electron chi connectivity index (χ3n) is 4.73. The fourth-order valence-corrected chi connectivity index (χ4v) is 4.61. The van der Waals surface area contributed by atoms with Crippen LogP contribution in [0.25, 0.3) is 11.3 Å². The molecule has 5 heteroatoms. The summed E-state index contributed by atoms with van der Waals surface area (Å²) in [5.41, 5.74) is 5.48. The molecule has 0 radical (unpaired) electrons. The van der Waals surface area contributed by atoms with Crippen molar-refractivity contribution in [3.63, 3.8) is 0 Å². The summed E-state index contributed by atoms with van der Waals surface area (Å²) in [5, 5.41) is 3.40. The minimum Gasteiger partial charge on any atom is -0.316 e. The second-order valence-corrected chi connectivity index (χ2v) is 8.54. The first-order valence-corrected chi connectivity index (χ1v) is 11.0. The van der Waals surface area contributed by atoms with E-state index in [0.717, 1.165) is 34.7 Å². The Balaban J connectivity index is 1.78. The Bertz CT molecular complexity index is 1180. The van der Waals surface area contributed by atoms with Gasteiger partial charge in [-0.2, -0.15) is 0 Å². The Morgan fingerprint density at radius 1 is 0.931 bits per heavy atom. The largest absolute Gasteiger partial charge is 0.316 e. The van der Waals surface area contributed by atoms with Gasteiger partial charge in [0.2, 0.25) is 0 Å². The third-order valence-corrected chi connectivity index (χ3v) is 6.14. The summed E-state index contributed by atoms with van der Waals surface area (Å²) in [6.07, 6.45) is 0.914. The van der Waals surface area contributed by atoms with Crippen molar-refractivity contribution in [2.75, 3.05) is 0 Å². The lowest BCUT2D eigenvalue weighted by Crippen LogP contribution is -2.17. The standard InChI is InChI=1S/C24H20Cl2N2S/c1-17-7-10-20(11-8-17)27-24-28(14-13-18-5-3-2-4-6-18)23(16-29-24)21-12-9-19(25)15-22(21)26/h2-12,15-16H,13-14H2,1H3. The SMILES string of the molecule is Cc1ccc(N=c2scc(-c3ccc(Cl)cc3Cl)n2CCc2ccccc2)cc1. The zero-order valence-electron chi connectivity index (χ0n) is 16.0. The molecule has 0 saturated heterocycles. The number of nitrogens with zero attached hydrogens (tertiary/aromatic N) is 2. The van der Waals surface area contributed by atoms with Crippen molar-refractivity contribution in [3.05, 3.63) is 104 Å². The molecule has 0 aliphatic heterocycles. The minimum atomic E-state index is 0.634. The van der Waals surface area contributed by atoms with Gasteiger partial charge in [-0.15, -0.1) is 11.3 Å². The van der Waals surface area contributed by atoms with Crippen LogP contribution in [0.15, 0.2) is 83.2 Å². The average Bonchev–Trinajstić information content (AvgIpc) is 3.11. The molecule has 0 aliphatic carbocycles. The molecule has 146 valence electrons. The van der Waals surface area contributed by atoms with Crippen LogP contribution in [0.4, 0.5) is 5.69 Å². The predicted octanol–water partition coefficient (Wildman–Crippen LogP) is 7.31. The second kappa shape index (κ2) is 9.00. The van der Waals surface area contributed by atoms with Crippen LogP contribution in [-0.4, -0.2) is 4.57 Å². The molecule has 1 aromatic heterocycles. The number of aromatic nitrogens is 1. The zero-order chi connectivity index (χ0) is 20.2. The fraction of sp³-hybridized carbons (Fsp3) is 0.125. The zero-order valence-corrected chi connectivity index (χ0v) is 18.3. The number of hydrogen-bond donors (Lipinski definition) is 0. The molecule has 1 heterocycles. The van der Waals surface area contributed by atoms with Gasteiger partial charge in [0.15, 0.2) is 4.80 Å². The van der Waals surface area contributed by atoms with Gasteiger partial charge in [0.25, 0.3) is 0 Å². The molecule has 3 aromatic carbocycles. The first kappa shape index (κ1) is 20.0. The Morgan fingerprint density at radius 3 is 2.41 bits per heavy atom. The maximum Gasteiger partial charge on any atom is 0.190 e. The van der Waals surface area contributed by atoms with Crippen LogP contribution < -0.4 is 4.80 Å². The summed E-state index contributed by atoms with van der Waals surface area (Å²) in [6.45, 7) is 2.89. The van der Waals surface area contributed by atoms with Gasteiger partial charge in [0, 0.05) is 22.5 Å². The third kappa shape index (κ3) is 4.81. The quantitative estimate of drug-likeness (QED) is 0.310. The fourth-order valence-electron chi connectivity index (χ4n) is 3.16. The van der Waals surface area contributed by atoms with Gasteiger partial charge in [0.05, 0.1) is 16.4 Å². The van der Waals surface area contributed by atoms with Gasteiger partial charge in [-0.3, -0.25) is 0 Å². The molecule has 4 rings (SSSR count). The lowest BCUT2D eigenvalue weighted by Gasteiger charge is -2.11. The van der Waals surface area contributed by atoms with Crippen molar-refractivity contribution in [1.29, 1.82) is 0 Å². The molecule has 0 aliphatic rings. The monoisotopic (exact) mass is 438 g/mol. The molecule has 0 bridgehead atoms. The summed E-state index contributed by atoms with van der Waals surface area (Å²) in [4.78, 5) is 5.85. The highest BCUT2D eigenvalue weighted by molar-refractivity contribution is 7.07. The molecule has 0 amide bonds. The molecule has 0 spiro atoms. The number of thiazole rings is 1. The van der Waals surface area contributed by atoms with Crippen molar-refractivity contribution < 1.29 is 0 Å². The molecule has 2 nitrogen and oxygen atoms in total. The molecular weight excluding hydrogens is 419 g/mol. The maximum absolute atomic E-state index is 6.52. The first-order valence-electron chi connectivity index (χ1n) is 9.39. The highest BCUT2D eigenvalue weighted by Crippen LogP contribution is 2.31. The highest BCUT2D eigenvalue weighted by atomic mass is 35.5. The first-order chi connectivity index (χ1) is 14.1. The van der Waals surface area contributed by atoms with Crippen LogP contribution in [-0.2, 0) is 13.0 Å². The topological polar surface area (TPSA) is 17.3 Å². The van der Waals surface area contributed by atoms with Gasteiger partial charge >= 0.3 is 0 Å². The van der Waals surface area contributed by atoms with Crippen LogP contribution in [0.1, 0.15) is 11.1 Å². The lowest BCUT2D eigenvalue weighted by molar-refractivity contribution is 0.684. The lowest BCUT2D eigenvalue weighted by atomic mass is 10.1. The van der Waals surface area contributed by atoms with E-state index >= 15 is 0 Å². The van der Waals surface area contributed by atoms with E-state index in [1.54, 1.807) is 17.4 Å². The molecule has 0 unspecified atom stereocenters. The van der Waals surface area contributed by atoms with E-state index in [1.807, 2.05) is 30.3 Å². The van der Waals surface area contributed by atoms with Gasteiger partial charge in [-0.25, -0.2) is 4.99 Å². The molecule has 0 N–H and O–H groups in total. The number of hydrogen-bond acceptors (Lipinski definition) is 2. The van der Waals surface area contributed by atoms with Gasteiger partial charge in [-0.1, -0.05) is 71.2 Å². The highest BCUT2D eigenvalue weighted by Gasteiger charge is 2.12. The molecule has 0 saturated carbocycles. The van der Waals surface area contributed by atoms with Crippen molar-refractivity contribution in [3.8, 4) is 11.3 Å². The van der Waals surface area contributed by atoms with Gasteiger partial charge in [0.1, 0.15) is 0 Å². The van der Waals surface area contributed by atoms with E-state index in [9.17, 15) is 0 Å². The molecular formula is C24H20Cl2N2S. The van der Waals surface area contributed by atoms with E-state index in [2.05, 4.69) is 53.3 Å². The van der Waals surface area contributed by atoms with Crippen molar-refractivity contribution in [1.82, 2.24) is 4.57 Å². The van der Waals surface area contributed by atoms with Crippen molar-refractivity contribution in [2.24, 2.45) is 4.99 Å². The minimum absolute atomic E-state index is 0.634. The average molecular weight is 439 g/mol. The molecule has 0 atom stereocenters. The Morgan fingerprint density at radius 2 is 1.69 bits per heavy atom. The van der Waals surface area contributed by atoms with Crippen molar-refractivity contribution in [2.45, 2.75) is 19.9 Å². The Hall–Kier alpha value is -2.33. The van der Waals surface area contributed by atoms with Gasteiger partial charge < -0.3 is 4.57 Å². The summed E-state index contributed by atoms with van der Waals surface area (Å²) in [7, 11) is 0. The summed E-state index contributed by atoms with van der Waals surface area (Å²) < 4.78 is 2.24. The van der Waals surface area contributed by atoms with Gasteiger partial charge in [-0.05, 0) is 49.2 Å². The summed E-state index contributed by atoms with van der Waals surface area (Å²) >= 11 is 14.2. The van der Waals surface area contributed by atoms with E-state index in [0.29, 0.717) is 10.0 Å². The van der Waals surface area contributed by atoms with Crippen LogP contribution in [0.5, 0.6) is 0 Å². The molecule has 0 fully saturated rings. The maximum atomic E-state index is 6.52. The number of aryl methyl sites for hydroxylation is 2. The van der Waals surface area contributed by atoms with Crippen LogP contribution in [0.2, 0.25) is 10.0 Å². The van der Waals surface area contributed by atoms with Crippen LogP contribution in [0, 0.1) is 6.92 Å². The number of halogens is 2. The predicted molar refractivity (Wildman–Crippen MR) is 124 cm³/mol. The Kier molecular flexibility index (Phi) is 6.19. The normalized spacial score (nSPS) is 11.8. The van der Waals surface area contributed by atoms with Crippen LogP contribution >= 0.6 is 34.5 Å². The molecule has 29 heavy (non-hydrogen) atoms.